The molecule has 1 N–H and O–H groups in total. The molecule has 5 heteroatoms. The molecule has 0 spiro atoms. The Labute approximate surface area is 140 Å². The molecule has 0 aliphatic heterocycles. The molecule has 0 atom stereocenters. The summed E-state index contributed by atoms with van der Waals surface area (Å²) >= 11 is 5.05. The Bertz CT molecular complexity index is 666. The molecule has 2 nitrogen and oxygen atoms in total. The first kappa shape index (κ1) is 15.2. The summed E-state index contributed by atoms with van der Waals surface area (Å²) < 4.78 is 1.08. The van der Waals surface area contributed by atoms with Gasteiger partial charge >= 0.3 is 0 Å². The lowest BCUT2D eigenvalue weighted by molar-refractivity contribution is 1.38. The van der Waals surface area contributed by atoms with Crippen molar-refractivity contribution in [2.45, 2.75) is 0 Å². The molecule has 1 aromatic heterocycles. The van der Waals surface area contributed by atoms with Crippen LogP contribution in [0.25, 0.3) is 11.3 Å². The summed E-state index contributed by atoms with van der Waals surface area (Å²) in [6, 6.07) is 18.2. The number of thiazole rings is 1. The number of halogens is 2. The highest BCUT2D eigenvalue weighted by Gasteiger charge is 2.04. The van der Waals surface area contributed by atoms with Crippen LogP contribution in [0, 0.1) is 0 Å². The molecular weight excluding hydrogens is 400 g/mol. The van der Waals surface area contributed by atoms with E-state index in [9.17, 15) is 0 Å². The smallest absolute Gasteiger partial charge is 0.187 e. The van der Waals surface area contributed by atoms with Gasteiger partial charge in [0.25, 0.3) is 0 Å². The van der Waals surface area contributed by atoms with Gasteiger partial charge < -0.3 is 5.32 Å². The van der Waals surface area contributed by atoms with Gasteiger partial charge in [-0.15, -0.1) is 28.3 Å². The van der Waals surface area contributed by atoms with Gasteiger partial charge in [0, 0.05) is 21.1 Å². The van der Waals surface area contributed by atoms with Crippen LogP contribution in [0.15, 0.2) is 64.5 Å². The number of anilines is 2. The van der Waals surface area contributed by atoms with E-state index in [1.54, 1.807) is 11.3 Å². The van der Waals surface area contributed by atoms with Gasteiger partial charge in [-0.3, -0.25) is 0 Å². The average molecular weight is 412 g/mol. The van der Waals surface area contributed by atoms with E-state index in [1.165, 1.54) is 0 Å². The van der Waals surface area contributed by atoms with Crippen molar-refractivity contribution >= 4 is 55.1 Å². The molecule has 0 fully saturated rings. The molecule has 3 aromatic rings. The van der Waals surface area contributed by atoms with Crippen LogP contribution in [0.4, 0.5) is 10.8 Å². The minimum absolute atomic E-state index is 0. The van der Waals surface area contributed by atoms with Crippen molar-refractivity contribution in [1.82, 2.24) is 4.98 Å². The molecule has 0 saturated heterocycles. The first-order valence-corrected chi connectivity index (χ1v) is 7.52. The molecule has 0 saturated carbocycles. The minimum Gasteiger partial charge on any atom is -0.332 e. The third kappa shape index (κ3) is 3.69. The zero-order valence-corrected chi connectivity index (χ0v) is 14.5. The average Bonchev–Trinajstić information content (AvgIpc) is 2.89. The lowest BCUT2D eigenvalue weighted by Gasteiger charge is -2.01. The van der Waals surface area contributed by atoms with Crippen LogP contribution in [0.2, 0.25) is 0 Å². The number of hydrogen-bond donors (Lipinski definition) is 1. The third-order valence-corrected chi connectivity index (χ3v) is 3.96. The van der Waals surface area contributed by atoms with Crippen LogP contribution >= 0.6 is 44.2 Å². The fourth-order valence-electron chi connectivity index (χ4n) is 1.73. The monoisotopic (exact) mass is 410 g/mol. The predicted molar refractivity (Wildman–Crippen MR) is 95.3 cm³/mol. The van der Waals surface area contributed by atoms with Gasteiger partial charge in [0.1, 0.15) is 0 Å². The Balaban J connectivity index is 0.00000147. The van der Waals surface area contributed by atoms with E-state index in [2.05, 4.69) is 43.7 Å². The maximum Gasteiger partial charge on any atom is 0.187 e. The SMILES string of the molecule is Br.Brc1ccc(-c2csc(Nc3ccccc3)n2)cc1. The molecule has 0 amide bonds. The van der Waals surface area contributed by atoms with Gasteiger partial charge in [0.2, 0.25) is 0 Å². The van der Waals surface area contributed by atoms with Crippen molar-refractivity contribution in [3.8, 4) is 11.3 Å². The summed E-state index contributed by atoms with van der Waals surface area (Å²) in [5.74, 6) is 0. The number of nitrogens with zero attached hydrogens (tertiary/aromatic N) is 1. The molecule has 2 aromatic carbocycles. The Morgan fingerprint density at radius 3 is 2.35 bits per heavy atom. The van der Waals surface area contributed by atoms with Crippen molar-refractivity contribution < 1.29 is 0 Å². The van der Waals surface area contributed by atoms with Crippen molar-refractivity contribution in [2.75, 3.05) is 5.32 Å². The second-order valence-corrected chi connectivity index (χ2v) is 5.81. The van der Waals surface area contributed by atoms with Gasteiger partial charge in [-0.05, 0) is 24.3 Å². The second-order valence-electron chi connectivity index (χ2n) is 4.04. The summed E-state index contributed by atoms with van der Waals surface area (Å²) in [5.41, 5.74) is 3.18. The number of aromatic nitrogens is 1. The third-order valence-electron chi connectivity index (χ3n) is 2.67. The molecule has 0 radical (unpaired) electrons. The van der Waals surface area contributed by atoms with Crippen LogP contribution in [0.1, 0.15) is 0 Å². The number of nitrogens with one attached hydrogen (secondary N) is 1. The molecule has 0 unspecified atom stereocenters. The van der Waals surface area contributed by atoms with Gasteiger partial charge in [-0.25, -0.2) is 4.98 Å². The molecule has 0 aliphatic rings. The van der Waals surface area contributed by atoms with Gasteiger partial charge in [-0.2, -0.15) is 0 Å². The van der Waals surface area contributed by atoms with Gasteiger partial charge in [-0.1, -0.05) is 46.3 Å². The molecule has 102 valence electrons. The van der Waals surface area contributed by atoms with Crippen LogP contribution in [-0.2, 0) is 0 Å². The van der Waals surface area contributed by atoms with Gasteiger partial charge in [0.15, 0.2) is 5.13 Å². The Kier molecular flexibility index (Phi) is 5.34. The Morgan fingerprint density at radius 1 is 0.950 bits per heavy atom. The van der Waals surface area contributed by atoms with Crippen molar-refractivity contribution in [2.24, 2.45) is 0 Å². The topological polar surface area (TPSA) is 24.9 Å². The van der Waals surface area contributed by atoms with E-state index in [1.807, 2.05) is 42.5 Å². The second kappa shape index (κ2) is 7.02. The molecule has 3 rings (SSSR count). The first-order chi connectivity index (χ1) is 9.31. The maximum absolute atomic E-state index is 4.60. The predicted octanol–water partition coefficient (Wildman–Crippen LogP) is 5.89. The van der Waals surface area contributed by atoms with E-state index in [0.29, 0.717) is 0 Å². The number of para-hydroxylation sites is 1. The zero-order valence-electron chi connectivity index (χ0n) is 10.4. The highest BCUT2D eigenvalue weighted by atomic mass is 79.9. The summed E-state index contributed by atoms with van der Waals surface area (Å²) in [5, 5.41) is 6.27. The molecular formula is C15H12Br2N2S. The fraction of sp³-hybridized carbons (Fsp3) is 0. The number of hydrogen-bond acceptors (Lipinski definition) is 3. The van der Waals surface area contributed by atoms with E-state index in [-0.39, 0.29) is 17.0 Å². The van der Waals surface area contributed by atoms with E-state index in [0.717, 1.165) is 26.5 Å². The molecule has 0 bridgehead atoms. The van der Waals surface area contributed by atoms with E-state index >= 15 is 0 Å². The standard InChI is InChI=1S/C15H11BrN2S.BrH/c16-12-8-6-11(7-9-12)14-10-19-15(18-14)17-13-4-2-1-3-5-13;/h1-10H,(H,17,18);1H. The largest absolute Gasteiger partial charge is 0.332 e. The lowest BCUT2D eigenvalue weighted by Crippen LogP contribution is -1.88. The Hall–Kier alpha value is -1.17. The zero-order chi connectivity index (χ0) is 13.1. The van der Waals surface area contributed by atoms with Crippen LogP contribution in [0.3, 0.4) is 0 Å². The minimum atomic E-state index is 0. The van der Waals surface area contributed by atoms with Crippen molar-refractivity contribution in [3.05, 3.63) is 64.5 Å². The van der Waals surface area contributed by atoms with Crippen molar-refractivity contribution in [3.63, 3.8) is 0 Å². The summed E-state index contributed by atoms with van der Waals surface area (Å²) in [7, 11) is 0. The highest BCUT2D eigenvalue weighted by molar-refractivity contribution is 9.10. The normalized spacial score (nSPS) is 9.85. The van der Waals surface area contributed by atoms with E-state index in [4.69, 9.17) is 0 Å². The maximum atomic E-state index is 4.60. The van der Waals surface area contributed by atoms with Crippen LogP contribution in [0.5, 0.6) is 0 Å². The fourth-order valence-corrected chi connectivity index (χ4v) is 2.73. The van der Waals surface area contributed by atoms with Gasteiger partial charge in [0.05, 0.1) is 5.69 Å². The molecule has 0 aliphatic carbocycles. The van der Waals surface area contributed by atoms with Crippen LogP contribution in [-0.4, -0.2) is 4.98 Å². The highest BCUT2D eigenvalue weighted by Crippen LogP contribution is 2.27. The number of benzene rings is 2. The molecule has 1 heterocycles. The summed E-state index contributed by atoms with van der Waals surface area (Å²) in [6.07, 6.45) is 0. The lowest BCUT2D eigenvalue weighted by atomic mass is 10.2. The Morgan fingerprint density at radius 2 is 1.65 bits per heavy atom. The molecule has 20 heavy (non-hydrogen) atoms. The number of rotatable bonds is 3. The van der Waals surface area contributed by atoms with Crippen molar-refractivity contribution in [1.29, 1.82) is 0 Å². The van der Waals surface area contributed by atoms with E-state index < -0.39 is 0 Å². The summed E-state index contributed by atoms with van der Waals surface area (Å²) in [4.78, 5) is 4.60. The quantitative estimate of drug-likeness (QED) is 0.580. The van der Waals surface area contributed by atoms with Crippen LogP contribution < -0.4 is 5.32 Å². The summed E-state index contributed by atoms with van der Waals surface area (Å²) in [6.45, 7) is 0. The first-order valence-electron chi connectivity index (χ1n) is 5.85.